The summed E-state index contributed by atoms with van der Waals surface area (Å²) in [6, 6.07) is 13.9. The van der Waals surface area contributed by atoms with Crippen molar-refractivity contribution in [2.75, 3.05) is 13.1 Å². The van der Waals surface area contributed by atoms with E-state index in [1.165, 1.54) is 12.1 Å². The standard InChI is InChI=1S/C22H24FN3O/c23-18-7-5-17(6-8-18)21(27)11-14-26-20-4-2-1-3-19(20)25-22(26)15-16-9-12-24-13-10-16/h1-8,16,24H,9-15H2. The average molecular weight is 365 g/mol. The fraction of sp³-hybridized carbons (Fsp3) is 0.364. The Morgan fingerprint density at radius 1 is 1.11 bits per heavy atom. The van der Waals surface area contributed by atoms with Crippen LogP contribution in [-0.2, 0) is 13.0 Å². The van der Waals surface area contributed by atoms with E-state index in [9.17, 15) is 9.18 Å². The zero-order valence-corrected chi connectivity index (χ0v) is 15.3. The fourth-order valence-electron chi connectivity index (χ4n) is 3.87. The van der Waals surface area contributed by atoms with Crippen molar-refractivity contribution >= 4 is 16.8 Å². The van der Waals surface area contributed by atoms with Crippen LogP contribution in [-0.4, -0.2) is 28.4 Å². The van der Waals surface area contributed by atoms with E-state index >= 15 is 0 Å². The van der Waals surface area contributed by atoms with E-state index in [0.717, 1.165) is 49.2 Å². The highest BCUT2D eigenvalue weighted by atomic mass is 19.1. The first kappa shape index (κ1) is 17.9. The molecular weight excluding hydrogens is 341 g/mol. The number of halogens is 1. The number of carbonyl (C=O) groups is 1. The van der Waals surface area contributed by atoms with Crippen LogP contribution < -0.4 is 5.32 Å². The minimum absolute atomic E-state index is 0.0283. The second kappa shape index (κ2) is 8.01. The first-order chi connectivity index (χ1) is 13.2. The van der Waals surface area contributed by atoms with Crippen LogP contribution in [0.4, 0.5) is 4.39 Å². The number of nitrogens with one attached hydrogen (secondary N) is 1. The van der Waals surface area contributed by atoms with Crippen LogP contribution in [0.15, 0.2) is 48.5 Å². The van der Waals surface area contributed by atoms with Gasteiger partial charge in [0.05, 0.1) is 11.0 Å². The molecule has 140 valence electrons. The van der Waals surface area contributed by atoms with Crippen molar-refractivity contribution in [1.82, 2.24) is 14.9 Å². The topological polar surface area (TPSA) is 46.9 Å². The van der Waals surface area contributed by atoms with Crippen LogP contribution in [0, 0.1) is 11.7 Å². The summed E-state index contributed by atoms with van der Waals surface area (Å²) in [4.78, 5) is 17.4. The number of hydrogen-bond donors (Lipinski definition) is 1. The summed E-state index contributed by atoms with van der Waals surface area (Å²) in [6.45, 7) is 2.72. The lowest BCUT2D eigenvalue weighted by atomic mass is 9.94. The van der Waals surface area contributed by atoms with E-state index in [4.69, 9.17) is 4.98 Å². The van der Waals surface area contributed by atoms with Gasteiger partial charge in [-0.3, -0.25) is 4.79 Å². The van der Waals surface area contributed by atoms with Crippen LogP contribution in [0.2, 0.25) is 0 Å². The van der Waals surface area contributed by atoms with Gasteiger partial charge in [-0.25, -0.2) is 9.37 Å². The molecule has 0 atom stereocenters. The zero-order valence-electron chi connectivity index (χ0n) is 15.3. The summed E-state index contributed by atoms with van der Waals surface area (Å²) in [5, 5.41) is 3.41. The van der Waals surface area contributed by atoms with Gasteiger partial charge in [-0.15, -0.1) is 0 Å². The number of aromatic nitrogens is 2. The number of rotatable bonds is 6. The van der Waals surface area contributed by atoms with Gasteiger partial charge < -0.3 is 9.88 Å². The van der Waals surface area contributed by atoms with E-state index in [1.54, 1.807) is 12.1 Å². The van der Waals surface area contributed by atoms with Crippen molar-refractivity contribution in [3.05, 3.63) is 65.7 Å². The van der Waals surface area contributed by atoms with Gasteiger partial charge in [0.1, 0.15) is 11.6 Å². The van der Waals surface area contributed by atoms with Gasteiger partial charge in [0.25, 0.3) is 0 Å². The van der Waals surface area contributed by atoms with Crippen LogP contribution in [0.3, 0.4) is 0 Å². The number of carbonyl (C=O) groups excluding carboxylic acids is 1. The molecule has 5 heteroatoms. The minimum atomic E-state index is -0.323. The number of aryl methyl sites for hydroxylation is 1. The lowest BCUT2D eigenvalue weighted by Crippen LogP contribution is -2.29. The maximum Gasteiger partial charge on any atom is 0.164 e. The summed E-state index contributed by atoms with van der Waals surface area (Å²) in [6.07, 6.45) is 3.65. The molecule has 1 aliphatic rings. The van der Waals surface area contributed by atoms with Gasteiger partial charge in [0.2, 0.25) is 0 Å². The highest BCUT2D eigenvalue weighted by molar-refractivity contribution is 5.96. The van der Waals surface area contributed by atoms with Gasteiger partial charge in [-0.1, -0.05) is 12.1 Å². The predicted molar refractivity (Wildman–Crippen MR) is 104 cm³/mol. The van der Waals surface area contributed by atoms with Gasteiger partial charge in [0.15, 0.2) is 5.78 Å². The number of imidazole rings is 1. The Bertz CT molecular complexity index is 926. The van der Waals surface area contributed by atoms with Crippen LogP contribution in [0.5, 0.6) is 0 Å². The van der Waals surface area contributed by atoms with E-state index in [2.05, 4.69) is 16.0 Å². The molecule has 0 aliphatic carbocycles. The molecule has 1 aromatic heterocycles. The summed E-state index contributed by atoms with van der Waals surface area (Å²) >= 11 is 0. The second-order valence-corrected chi connectivity index (χ2v) is 7.25. The molecule has 0 bridgehead atoms. The lowest BCUT2D eigenvalue weighted by molar-refractivity contribution is 0.0977. The zero-order chi connectivity index (χ0) is 18.6. The SMILES string of the molecule is O=C(CCn1c(CC2CCNCC2)nc2ccccc21)c1ccc(F)cc1. The van der Waals surface area contributed by atoms with E-state index in [-0.39, 0.29) is 11.6 Å². The Hall–Kier alpha value is -2.53. The van der Waals surface area contributed by atoms with Crippen molar-refractivity contribution in [1.29, 1.82) is 0 Å². The maximum atomic E-state index is 13.1. The van der Waals surface area contributed by atoms with Crippen molar-refractivity contribution in [3.8, 4) is 0 Å². The quantitative estimate of drug-likeness (QED) is 0.672. The number of Topliss-reactive ketones (excluding diaryl/α,β-unsaturated/α-hetero) is 1. The number of hydrogen-bond acceptors (Lipinski definition) is 3. The Balaban J connectivity index is 1.54. The first-order valence-corrected chi connectivity index (χ1v) is 9.64. The molecule has 0 unspecified atom stereocenters. The van der Waals surface area contributed by atoms with Crippen LogP contribution in [0.1, 0.15) is 35.4 Å². The molecule has 1 saturated heterocycles. The minimum Gasteiger partial charge on any atom is -0.328 e. The highest BCUT2D eigenvalue weighted by Crippen LogP contribution is 2.23. The molecule has 2 heterocycles. The summed E-state index contributed by atoms with van der Waals surface area (Å²) in [7, 11) is 0. The van der Waals surface area contributed by atoms with Gasteiger partial charge in [0, 0.05) is 24.9 Å². The van der Waals surface area contributed by atoms with E-state index < -0.39 is 0 Å². The van der Waals surface area contributed by atoms with Gasteiger partial charge in [-0.2, -0.15) is 0 Å². The molecule has 2 aromatic carbocycles. The Morgan fingerprint density at radius 3 is 2.63 bits per heavy atom. The Morgan fingerprint density at radius 2 is 1.85 bits per heavy atom. The Labute approximate surface area is 158 Å². The molecule has 0 saturated carbocycles. The number of piperidine rings is 1. The number of fused-ring (bicyclic) bond motifs is 1. The summed E-state index contributed by atoms with van der Waals surface area (Å²) in [5.41, 5.74) is 2.62. The molecule has 1 N–H and O–H groups in total. The van der Waals surface area contributed by atoms with Gasteiger partial charge >= 0.3 is 0 Å². The fourth-order valence-corrected chi connectivity index (χ4v) is 3.87. The monoisotopic (exact) mass is 365 g/mol. The molecule has 1 fully saturated rings. The maximum absolute atomic E-state index is 13.1. The molecule has 0 amide bonds. The molecule has 27 heavy (non-hydrogen) atoms. The highest BCUT2D eigenvalue weighted by Gasteiger charge is 2.19. The lowest BCUT2D eigenvalue weighted by Gasteiger charge is -2.22. The van der Waals surface area contributed by atoms with Crippen molar-refractivity contribution in [2.45, 2.75) is 32.2 Å². The normalized spacial score (nSPS) is 15.3. The van der Waals surface area contributed by atoms with Crippen molar-refractivity contribution < 1.29 is 9.18 Å². The third kappa shape index (κ3) is 4.08. The number of para-hydroxylation sites is 2. The third-order valence-corrected chi connectivity index (χ3v) is 5.39. The molecule has 0 spiro atoms. The second-order valence-electron chi connectivity index (χ2n) is 7.25. The summed E-state index contributed by atoms with van der Waals surface area (Å²) in [5.74, 6) is 1.40. The Kier molecular flexibility index (Phi) is 5.30. The molecule has 0 radical (unpaired) electrons. The molecule has 4 rings (SSSR count). The van der Waals surface area contributed by atoms with E-state index in [1.807, 2.05) is 18.2 Å². The number of nitrogens with zero attached hydrogens (tertiary/aromatic N) is 2. The molecule has 4 nitrogen and oxygen atoms in total. The molecule has 3 aromatic rings. The van der Waals surface area contributed by atoms with Crippen molar-refractivity contribution in [3.63, 3.8) is 0 Å². The third-order valence-electron chi connectivity index (χ3n) is 5.39. The van der Waals surface area contributed by atoms with Crippen LogP contribution in [0.25, 0.3) is 11.0 Å². The number of benzene rings is 2. The first-order valence-electron chi connectivity index (χ1n) is 9.64. The molecule has 1 aliphatic heterocycles. The smallest absolute Gasteiger partial charge is 0.164 e. The van der Waals surface area contributed by atoms with Crippen molar-refractivity contribution in [2.24, 2.45) is 5.92 Å². The van der Waals surface area contributed by atoms with E-state index in [0.29, 0.717) is 24.4 Å². The number of ketones is 1. The largest absolute Gasteiger partial charge is 0.328 e. The van der Waals surface area contributed by atoms with Crippen LogP contribution >= 0.6 is 0 Å². The average Bonchev–Trinajstić information content (AvgIpc) is 3.04. The summed E-state index contributed by atoms with van der Waals surface area (Å²) < 4.78 is 15.3. The molecular formula is C22H24FN3O. The predicted octanol–water partition coefficient (Wildman–Crippen LogP) is 3.99. The van der Waals surface area contributed by atoms with Gasteiger partial charge in [-0.05, 0) is 68.2 Å².